The quantitative estimate of drug-likeness (QED) is 0.477. The highest BCUT2D eigenvalue weighted by atomic mass is 16.1. The van der Waals surface area contributed by atoms with Crippen LogP contribution < -0.4 is 22.1 Å². The smallest absolute Gasteiger partial charge is 0.273 e. The minimum atomic E-state index is -0.717. The van der Waals surface area contributed by atoms with Crippen LogP contribution in [0.15, 0.2) is 36.7 Å². The second-order valence-corrected chi connectivity index (χ2v) is 6.89. The predicted molar refractivity (Wildman–Crippen MR) is 107 cm³/mol. The van der Waals surface area contributed by atoms with Gasteiger partial charge in [-0.25, -0.2) is 0 Å². The van der Waals surface area contributed by atoms with Crippen LogP contribution in [0.3, 0.4) is 0 Å². The number of rotatable bonds is 6. The zero-order valence-electron chi connectivity index (χ0n) is 15.7. The zero-order valence-corrected chi connectivity index (χ0v) is 15.7. The lowest BCUT2D eigenvalue weighted by Gasteiger charge is -2.29. The summed E-state index contributed by atoms with van der Waals surface area (Å²) < 4.78 is 0. The average molecular weight is 394 g/mol. The highest BCUT2D eigenvalue weighted by Crippen LogP contribution is 2.22. The van der Waals surface area contributed by atoms with Crippen molar-refractivity contribution in [1.29, 1.82) is 0 Å². The van der Waals surface area contributed by atoms with Crippen molar-refractivity contribution < 1.29 is 4.79 Å². The first-order valence-electron chi connectivity index (χ1n) is 9.40. The molecule has 1 aromatic carbocycles. The second-order valence-electron chi connectivity index (χ2n) is 6.89. The van der Waals surface area contributed by atoms with Crippen LogP contribution in [-0.4, -0.2) is 48.2 Å². The van der Waals surface area contributed by atoms with Crippen LogP contribution in [0.4, 0.5) is 17.5 Å². The van der Waals surface area contributed by atoms with Gasteiger partial charge in [0, 0.05) is 17.8 Å². The van der Waals surface area contributed by atoms with E-state index in [1.165, 1.54) is 4.80 Å². The molecule has 3 aromatic rings. The third kappa shape index (κ3) is 4.29. The van der Waals surface area contributed by atoms with Gasteiger partial charge in [-0.15, -0.1) is 10.2 Å². The minimum absolute atomic E-state index is 0.0306. The van der Waals surface area contributed by atoms with Crippen molar-refractivity contribution in [2.45, 2.75) is 37.8 Å². The van der Waals surface area contributed by atoms with Gasteiger partial charge in [-0.2, -0.15) is 20.0 Å². The number of benzene rings is 1. The molecule has 1 saturated carbocycles. The van der Waals surface area contributed by atoms with Crippen molar-refractivity contribution in [1.82, 2.24) is 30.2 Å². The fourth-order valence-electron chi connectivity index (χ4n) is 3.31. The number of hydrogen-bond acceptors (Lipinski definition) is 9. The molecule has 0 saturated heterocycles. The van der Waals surface area contributed by atoms with Crippen molar-refractivity contribution >= 4 is 23.4 Å². The van der Waals surface area contributed by atoms with E-state index in [-0.39, 0.29) is 23.6 Å². The number of carbonyl (C=O) groups excluding carboxylic acids is 1. The Bertz CT molecular complexity index is 973. The van der Waals surface area contributed by atoms with E-state index in [0.717, 1.165) is 31.4 Å². The van der Waals surface area contributed by atoms with Gasteiger partial charge in [0.15, 0.2) is 11.5 Å². The second kappa shape index (κ2) is 8.19. The predicted octanol–water partition coefficient (Wildman–Crippen LogP) is 0.977. The third-order valence-electron chi connectivity index (χ3n) is 4.83. The zero-order chi connectivity index (χ0) is 20.2. The first kappa shape index (κ1) is 18.7. The SMILES string of the molecule is NC(=O)c1nnc(N[C@@H]2CCCC[C@@H]2N)nc1Nc1ccc(-n2nccn2)cc1. The maximum absolute atomic E-state index is 11.8. The molecule has 11 heteroatoms. The number of nitrogens with one attached hydrogen (secondary N) is 2. The Balaban J connectivity index is 1.55. The molecule has 6 N–H and O–H groups in total. The van der Waals surface area contributed by atoms with Gasteiger partial charge in [0.1, 0.15) is 0 Å². The molecular weight excluding hydrogens is 372 g/mol. The van der Waals surface area contributed by atoms with E-state index >= 15 is 0 Å². The molecule has 0 aliphatic heterocycles. The third-order valence-corrected chi connectivity index (χ3v) is 4.83. The lowest BCUT2D eigenvalue weighted by atomic mass is 9.91. The molecule has 1 aliphatic rings. The summed E-state index contributed by atoms with van der Waals surface area (Å²) in [4.78, 5) is 17.7. The number of nitrogens with two attached hydrogens (primary N) is 2. The number of aromatic nitrogens is 6. The monoisotopic (exact) mass is 394 g/mol. The van der Waals surface area contributed by atoms with Gasteiger partial charge < -0.3 is 22.1 Å². The Labute approximate surface area is 166 Å². The number of nitrogens with zero attached hydrogens (tertiary/aromatic N) is 6. The first-order valence-corrected chi connectivity index (χ1v) is 9.40. The van der Waals surface area contributed by atoms with Gasteiger partial charge in [-0.05, 0) is 37.1 Å². The van der Waals surface area contributed by atoms with Crippen molar-refractivity contribution in [3.8, 4) is 5.69 Å². The fraction of sp³-hybridized carbons (Fsp3) is 0.333. The average Bonchev–Trinajstić information content (AvgIpc) is 3.25. The van der Waals surface area contributed by atoms with E-state index in [1.807, 2.05) is 24.3 Å². The van der Waals surface area contributed by atoms with Gasteiger partial charge in [0.05, 0.1) is 18.1 Å². The largest absolute Gasteiger partial charge is 0.364 e. The summed E-state index contributed by atoms with van der Waals surface area (Å²) in [5, 5.41) is 22.4. The van der Waals surface area contributed by atoms with Crippen molar-refractivity contribution in [3.05, 3.63) is 42.4 Å². The van der Waals surface area contributed by atoms with E-state index in [0.29, 0.717) is 11.6 Å². The van der Waals surface area contributed by atoms with Crippen LogP contribution in [0.25, 0.3) is 5.69 Å². The number of anilines is 3. The van der Waals surface area contributed by atoms with E-state index < -0.39 is 5.91 Å². The molecule has 2 aromatic heterocycles. The van der Waals surface area contributed by atoms with Crippen molar-refractivity contribution in [2.24, 2.45) is 11.5 Å². The number of hydrogen-bond donors (Lipinski definition) is 4. The maximum Gasteiger partial charge on any atom is 0.273 e. The molecule has 1 fully saturated rings. The van der Waals surface area contributed by atoms with E-state index in [2.05, 4.69) is 36.0 Å². The van der Waals surface area contributed by atoms with Crippen LogP contribution in [-0.2, 0) is 0 Å². The highest BCUT2D eigenvalue weighted by Gasteiger charge is 2.23. The van der Waals surface area contributed by atoms with Crippen LogP contribution in [0.2, 0.25) is 0 Å². The standard InChI is InChI=1S/C18H22N10O/c19-13-3-1-2-4-14(13)24-18-25-17(15(16(20)29)26-27-18)23-11-5-7-12(8-6-11)28-21-9-10-22-28/h5-10,13-14H,1-4,19H2,(H2,20,29)(H2,23,24,25,27)/t13-,14+/m0/s1. The Morgan fingerprint density at radius 2 is 1.79 bits per heavy atom. The summed E-state index contributed by atoms with van der Waals surface area (Å²) in [6.07, 6.45) is 7.31. The highest BCUT2D eigenvalue weighted by molar-refractivity contribution is 5.96. The summed E-state index contributed by atoms with van der Waals surface area (Å²) in [5.74, 6) is -0.188. The molecular formula is C18H22N10O. The molecule has 2 heterocycles. The topological polar surface area (TPSA) is 163 Å². The van der Waals surface area contributed by atoms with Crippen molar-refractivity contribution in [2.75, 3.05) is 10.6 Å². The maximum atomic E-state index is 11.8. The molecule has 0 spiro atoms. The fourth-order valence-corrected chi connectivity index (χ4v) is 3.31. The molecule has 0 unspecified atom stereocenters. The van der Waals surface area contributed by atoms with Gasteiger partial charge >= 0.3 is 0 Å². The Morgan fingerprint density at radius 1 is 1.07 bits per heavy atom. The lowest BCUT2D eigenvalue weighted by Crippen LogP contribution is -2.43. The Kier molecular flexibility index (Phi) is 5.29. The van der Waals surface area contributed by atoms with Gasteiger partial charge in [-0.1, -0.05) is 12.8 Å². The van der Waals surface area contributed by atoms with Crippen LogP contribution in [0.1, 0.15) is 36.2 Å². The molecule has 150 valence electrons. The van der Waals surface area contributed by atoms with Crippen LogP contribution in [0, 0.1) is 0 Å². The molecule has 0 bridgehead atoms. The minimum Gasteiger partial charge on any atom is -0.364 e. The number of amides is 1. The first-order chi connectivity index (χ1) is 14.1. The number of primary amides is 1. The molecule has 0 radical (unpaired) electrons. The van der Waals surface area contributed by atoms with Gasteiger partial charge in [0.2, 0.25) is 5.95 Å². The molecule has 29 heavy (non-hydrogen) atoms. The molecule has 1 amide bonds. The summed E-state index contributed by atoms with van der Waals surface area (Å²) in [6.45, 7) is 0. The molecule has 1 aliphatic carbocycles. The summed E-state index contributed by atoms with van der Waals surface area (Å²) in [5.41, 5.74) is 13.1. The summed E-state index contributed by atoms with van der Waals surface area (Å²) >= 11 is 0. The van der Waals surface area contributed by atoms with E-state index in [4.69, 9.17) is 11.5 Å². The Hall–Kier alpha value is -3.60. The van der Waals surface area contributed by atoms with Crippen LogP contribution in [0.5, 0.6) is 0 Å². The summed E-state index contributed by atoms with van der Waals surface area (Å²) in [6, 6.07) is 7.40. The molecule has 2 atom stereocenters. The molecule has 4 rings (SSSR count). The van der Waals surface area contributed by atoms with E-state index in [1.54, 1.807) is 12.4 Å². The lowest BCUT2D eigenvalue weighted by molar-refractivity contribution is 0.0995. The van der Waals surface area contributed by atoms with Gasteiger partial charge in [-0.3, -0.25) is 4.79 Å². The van der Waals surface area contributed by atoms with Gasteiger partial charge in [0.25, 0.3) is 5.91 Å². The molecule has 11 nitrogen and oxygen atoms in total. The van der Waals surface area contributed by atoms with Crippen LogP contribution >= 0.6 is 0 Å². The Morgan fingerprint density at radius 3 is 2.48 bits per heavy atom. The summed E-state index contributed by atoms with van der Waals surface area (Å²) in [7, 11) is 0. The van der Waals surface area contributed by atoms with Crippen molar-refractivity contribution in [3.63, 3.8) is 0 Å². The number of carbonyl (C=O) groups is 1. The normalized spacial score (nSPS) is 18.9. The van der Waals surface area contributed by atoms with E-state index in [9.17, 15) is 4.79 Å².